The lowest BCUT2D eigenvalue weighted by molar-refractivity contribution is -0.138. The number of aryl methyl sites for hydroxylation is 1. The van der Waals surface area contributed by atoms with Crippen LogP contribution >= 0.6 is 11.6 Å². The quantitative estimate of drug-likeness (QED) is 0.843. The maximum atomic E-state index is 10.9. The van der Waals surface area contributed by atoms with Gasteiger partial charge in [0, 0.05) is 5.39 Å². The lowest BCUT2D eigenvalue weighted by Crippen LogP contribution is -1.98. The molecule has 1 N–H and O–H groups in total. The van der Waals surface area contributed by atoms with Crippen molar-refractivity contribution in [2.24, 2.45) is 5.92 Å². The van der Waals surface area contributed by atoms with Crippen LogP contribution in [0.15, 0.2) is 24.3 Å². The highest BCUT2D eigenvalue weighted by molar-refractivity contribution is 6.30. The van der Waals surface area contributed by atoms with E-state index in [1.807, 2.05) is 31.2 Å². The second-order valence-electron chi connectivity index (χ2n) is 4.84. The molecule has 0 saturated heterocycles. The lowest BCUT2D eigenvalue weighted by atomic mass is 10.1. The van der Waals surface area contributed by atoms with Gasteiger partial charge in [-0.2, -0.15) is 0 Å². The van der Waals surface area contributed by atoms with Crippen molar-refractivity contribution in [3.8, 4) is 0 Å². The fourth-order valence-electron chi connectivity index (χ4n) is 2.34. The Hall–Kier alpha value is -1.61. The number of hydrogen-bond acceptors (Lipinski definition) is 2. The van der Waals surface area contributed by atoms with E-state index >= 15 is 0 Å². The highest BCUT2D eigenvalue weighted by Gasteiger charge is 2.44. The molecule has 1 aliphatic carbocycles. The van der Waals surface area contributed by atoms with Crippen LogP contribution in [-0.4, -0.2) is 16.1 Å². The zero-order valence-corrected chi connectivity index (χ0v) is 10.6. The second-order valence-corrected chi connectivity index (χ2v) is 5.19. The summed E-state index contributed by atoms with van der Waals surface area (Å²) in [6.45, 7) is 1.92. The molecule has 1 aliphatic rings. The van der Waals surface area contributed by atoms with Gasteiger partial charge in [-0.25, -0.2) is 4.98 Å². The average Bonchev–Trinajstić information content (AvgIpc) is 3.10. The van der Waals surface area contributed by atoms with E-state index in [4.69, 9.17) is 16.7 Å². The summed E-state index contributed by atoms with van der Waals surface area (Å²) in [5, 5.41) is 10.5. The van der Waals surface area contributed by atoms with Crippen LogP contribution in [0.4, 0.5) is 0 Å². The third kappa shape index (κ3) is 1.85. The smallest absolute Gasteiger partial charge is 0.307 e. The number of hydrogen-bond donors (Lipinski definition) is 1. The zero-order chi connectivity index (χ0) is 12.9. The van der Waals surface area contributed by atoms with Gasteiger partial charge in [-0.15, -0.1) is 0 Å². The molecule has 0 radical (unpaired) electrons. The summed E-state index contributed by atoms with van der Waals surface area (Å²) in [7, 11) is 0. The molecular weight excluding hydrogens is 250 g/mol. The minimum absolute atomic E-state index is 0.155. The Bertz CT molecular complexity index is 654. The van der Waals surface area contributed by atoms with E-state index < -0.39 is 5.97 Å². The summed E-state index contributed by atoms with van der Waals surface area (Å²) in [5.74, 6) is -0.766. The Morgan fingerprint density at radius 2 is 2.22 bits per heavy atom. The molecule has 4 heteroatoms. The largest absolute Gasteiger partial charge is 0.481 e. The standard InChI is InChI=1S/C14H12ClNO2/c1-7-4-9-5-8(10-6-11(10)14(17)18)2-3-12(9)16-13(7)15/h2-5,10-11H,6H2,1H3,(H,17,18). The molecule has 1 heterocycles. The minimum atomic E-state index is -0.703. The summed E-state index contributed by atoms with van der Waals surface area (Å²) in [4.78, 5) is 15.2. The number of rotatable bonds is 2. The highest BCUT2D eigenvalue weighted by Crippen LogP contribution is 2.48. The summed E-state index contributed by atoms with van der Waals surface area (Å²) in [6, 6.07) is 7.88. The van der Waals surface area contributed by atoms with Gasteiger partial charge in [0.15, 0.2) is 0 Å². The molecule has 1 saturated carbocycles. The number of carboxylic acid groups (broad SMARTS) is 1. The number of carbonyl (C=O) groups is 1. The van der Waals surface area contributed by atoms with Crippen molar-refractivity contribution in [3.05, 3.63) is 40.5 Å². The molecular formula is C14H12ClNO2. The Balaban J connectivity index is 2.02. The van der Waals surface area contributed by atoms with Crippen molar-refractivity contribution in [2.75, 3.05) is 0 Å². The summed E-state index contributed by atoms with van der Waals surface area (Å²) in [5.41, 5.74) is 2.87. The van der Waals surface area contributed by atoms with E-state index in [1.165, 1.54) is 0 Å². The number of aliphatic carboxylic acids is 1. The minimum Gasteiger partial charge on any atom is -0.481 e. The first-order chi connectivity index (χ1) is 8.56. The molecule has 0 amide bonds. The Morgan fingerprint density at radius 3 is 2.89 bits per heavy atom. The van der Waals surface area contributed by atoms with Gasteiger partial charge in [0.2, 0.25) is 0 Å². The van der Waals surface area contributed by atoms with Crippen molar-refractivity contribution in [1.29, 1.82) is 0 Å². The predicted molar refractivity (Wildman–Crippen MR) is 70.0 cm³/mol. The molecule has 0 aliphatic heterocycles. The Morgan fingerprint density at radius 1 is 1.44 bits per heavy atom. The highest BCUT2D eigenvalue weighted by atomic mass is 35.5. The van der Waals surface area contributed by atoms with E-state index in [0.717, 1.165) is 28.5 Å². The molecule has 0 bridgehead atoms. The van der Waals surface area contributed by atoms with E-state index in [9.17, 15) is 4.79 Å². The number of benzene rings is 1. The number of carboxylic acids is 1. The topological polar surface area (TPSA) is 50.2 Å². The van der Waals surface area contributed by atoms with Gasteiger partial charge in [0.25, 0.3) is 0 Å². The molecule has 2 unspecified atom stereocenters. The van der Waals surface area contributed by atoms with Crippen LogP contribution in [-0.2, 0) is 4.79 Å². The van der Waals surface area contributed by atoms with Gasteiger partial charge >= 0.3 is 5.97 Å². The van der Waals surface area contributed by atoms with Crippen LogP contribution in [0.5, 0.6) is 0 Å². The van der Waals surface area contributed by atoms with Gasteiger partial charge in [-0.3, -0.25) is 4.79 Å². The van der Waals surface area contributed by atoms with Gasteiger partial charge in [0.05, 0.1) is 11.4 Å². The number of halogens is 1. The van der Waals surface area contributed by atoms with Crippen LogP contribution in [0.2, 0.25) is 5.15 Å². The van der Waals surface area contributed by atoms with E-state index in [-0.39, 0.29) is 11.8 Å². The normalized spacial score (nSPS) is 22.1. The first-order valence-corrected chi connectivity index (χ1v) is 6.23. The molecule has 2 atom stereocenters. The van der Waals surface area contributed by atoms with Crippen LogP contribution in [0.3, 0.4) is 0 Å². The summed E-state index contributed by atoms with van der Waals surface area (Å²) >= 11 is 5.98. The second kappa shape index (κ2) is 3.95. The first kappa shape index (κ1) is 11.5. The maximum absolute atomic E-state index is 10.9. The molecule has 92 valence electrons. The van der Waals surface area contributed by atoms with Crippen molar-refractivity contribution < 1.29 is 9.90 Å². The van der Waals surface area contributed by atoms with Gasteiger partial charge < -0.3 is 5.11 Å². The third-order valence-electron chi connectivity index (χ3n) is 3.50. The van der Waals surface area contributed by atoms with E-state index in [1.54, 1.807) is 0 Å². The van der Waals surface area contributed by atoms with E-state index in [2.05, 4.69) is 4.98 Å². The predicted octanol–water partition coefficient (Wildman–Crippen LogP) is 3.38. The first-order valence-electron chi connectivity index (χ1n) is 5.86. The maximum Gasteiger partial charge on any atom is 0.307 e. The van der Waals surface area contributed by atoms with Crippen molar-refractivity contribution >= 4 is 28.5 Å². The van der Waals surface area contributed by atoms with Crippen molar-refractivity contribution in [2.45, 2.75) is 19.3 Å². The van der Waals surface area contributed by atoms with Crippen LogP contribution < -0.4 is 0 Å². The Kier molecular flexibility index (Phi) is 2.52. The zero-order valence-electron chi connectivity index (χ0n) is 9.85. The van der Waals surface area contributed by atoms with Gasteiger partial charge in [-0.1, -0.05) is 17.7 Å². The van der Waals surface area contributed by atoms with Crippen molar-refractivity contribution in [1.82, 2.24) is 4.98 Å². The van der Waals surface area contributed by atoms with E-state index in [0.29, 0.717) is 5.15 Å². The lowest BCUT2D eigenvalue weighted by Gasteiger charge is -2.04. The third-order valence-corrected chi connectivity index (χ3v) is 3.89. The molecule has 3 rings (SSSR count). The molecule has 2 aromatic rings. The number of nitrogens with zero attached hydrogens (tertiary/aromatic N) is 1. The average molecular weight is 262 g/mol. The summed E-state index contributed by atoms with van der Waals surface area (Å²) in [6.07, 6.45) is 0.737. The molecule has 1 aromatic heterocycles. The molecule has 0 spiro atoms. The molecule has 3 nitrogen and oxygen atoms in total. The SMILES string of the molecule is Cc1cc2cc(C3CC3C(=O)O)ccc2nc1Cl. The Labute approximate surface area is 109 Å². The van der Waals surface area contributed by atoms with Gasteiger partial charge in [-0.05, 0) is 48.6 Å². The monoisotopic (exact) mass is 261 g/mol. The summed E-state index contributed by atoms with van der Waals surface area (Å²) < 4.78 is 0. The van der Waals surface area contributed by atoms with Crippen LogP contribution in [0.1, 0.15) is 23.5 Å². The molecule has 1 aromatic carbocycles. The van der Waals surface area contributed by atoms with Gasteiger partial charge in [0.1, 0.15) is 5.15 Å². The fourth-order valence-corrected chi connectivity index (χ4v) is 2.49. The van der Waals surface area contributed by atoms with Crippen LogP contribution in [0.25, 0.3) is 10.9 Å². The number of aromatic nitrogens is 1. The fraction of sp³-hybridized carbons (Fsp3) is 0.286. The molecule has 18 heavy (non-hydrogen) atoms. The number of fused-ring (bicyclic) bond motifs is 1. The molecule has 1 fully saturated rings. The number of pyridine rings is 1. The van der Waals surface area contributed by atoms with Crippen molar-refractivity contribution in [3.63, 3.8) is 0 Å². The van der Waals surface area contributed by atoms with Crippen LogP contribution in [0, 0.1) is 12.8 Å².